The molecule has 0 fully saturated rings. The van der Waals surface area contributed by atoms with Crippen LogP contribution in [0.1, 0.15) is 15.9 Å². The van der Waals surface area contributed by atoms with E-state index in [1.807, 2.05) is 0 Å². The maximum absolute atomic E-state index is 12.1. The fraction of sp³-hybridized carbons (Fsp3) is 0.125. The van der Waals surface area contributed by atoms with E-state index in [4.69, 9.17) is 4.74 Å². The van der Waals surface area contributed by atoms with Crippen LogP contribution in [-0.2, 0) is 16.1 Å². The van der Waals surface area contributed by atoms with Crippen LogP contribution in [-0.4, -0.2) is 22.6 Å². The molecule has 0 saturated carbocycles. The van der Waals surface area contributed by atoms with Crippen molar-refractivity contribution in [2.75, 3.05) is 11.1 Å². The molecule has 1 N–H and O–H groups in total. The maximum atomic E-state index is 12.1. The second kappa shape index (κ2) is 6.71. The van der Waals surface area contributed by atoms with E-state index < -0.39 is 10.9 Å². The van der Waals surface area contributed by atoms with Crippen LogP contribution >= 0.6 is 11.8 Å². The molecule has 1 amide bonds. The van der Waals surface area contributed by atoms with Gasteiger partial charge in [-0.2, -0.15) is 0 Å². The fourth-order valence-corrected chi connectivity index (χ4v) is 2.94. The predicted molar refractivity (Wildman–Crippen MR) is 88.0 cm³/mol. The number of amides is 1. The average molecular weight is 344 g/mol. The van der Waals surface area contributed by atoms with Crippen molar-refractivity contribution in [1.29, 1.82) is 0 Å². The molecule has 122 valence electrons. The number of hydrogen-bond donors (Lipinski definition) is 1. The molecule has 2 aromatic carbocycles. The first-order valence-electron chi connectivity index (χ1n) is 7.00. The van der Waals surface area contributed by atoms with Crippen molar-refractivity contribution in [3.63, 3.8) is 0 Å². The molecule has 0 atom stereocenters. The van der Waals surface area contributed by atoms with Crippen molar-refractivity contribution >= 4 is 35.0 Å². The van der Waals surface area contributed by atoms with Gasteiger partial charge in [-0.05, 0) is 35.9 Å². The zero-order valence-corrected chi connectivity index (χ0v) is 13.2. The summed E-state index contributed by atoms with van der Waals surface area (Å²) in [6, 6.07) is 10.8. The molecule has 0 aliphatic carbocycles. The Bertz CT molecular complexity index is 820. The summed E-state index contributed by atoms with van der Waals surface area (Å²) in [4.78, 5) is 34.5. The average Bonchev–Trinajstić information content (AvgIpc) is 2.59. The number of anilines is 1. The monoisotopic (exact) mass is 344 g/mol. The minimum absolute atomic E-state index is 0.00895. The lowest BCUT2D eigenvalue weighted by atomic mass is 10.2. The molecule has 1 aliphatic heterocycles. The van der Waals surface area contributed by atoms with Gasteiger partial charge in [0.15, 0.2) is 0 Å². The van der Waals surface area contributed by atoms with Crippen LogP contribution in [0.4, 0.5) is 11.4 Å². The Kier molecular flexibility index (Phi) is 4.48. The first-order valence-corrected chi connectivity index (χ1v) is 7.98. The van der Waals surface area contributed by atoms with E-state index in [0.717, 1.165) is 4.90 Å². The Hall–Kier alpha value is -2.87. The summed E-state index contributed by atoms with van der Waals surface area (Å²) in [5, 5.41) is 13.3. The summed E-state index contributed by atoms with van der Waals surface area (Å²) < 4.78 is 5.20. The molecule has 24 heavy (non-hydrogen) atoms. The Morgan fingerprint density at radius 2 is 2.00 bits per heavy atom. The Labute approximate surface area is 141 Å². The molecular formula is C16H12N2O5S. The van der Waals surface area contributed by atoms with E-state index in [9.17, 15) is 19.7 Å². The summed E-state index contributed by atoms with van der Waals surface area (Å²) in [5.74, 6) is -0.276. The molecule has 0 aromatic heterocycles. The highest BCUT2D eigenvalue weighted by Crippen LogP contribution is 2.32. The van der Waals surface area contributed by atoms with E-state index in [1.165, 1.54) is 36.0 Å². The van der Waals surface area contributed by atoms with Crippen LogP contribution in [0.5, 0.6) is 0 Å². The van der Waals surface area contributed by atoms with Crippen LogP contribution in [0.2, 0.25) is 0 Å². The molecule has 2 aromatic rings. The minimum Gasteiger partial charge on any atom is -0.457 e. The lowest BCUT2D eigenvalue weighted by molar-refractivity contribution is -0.384. The molecule has 1 aliphatic rings. The SMILES string of the molecule is O=C1CSc2ccc(C(=O)OCc3ccc([N+](=O)[O-])cc3)cc2N1. The smallest absolute Gasteiger partial charge is 0.338 e. The van der Waals surface area contributed by atoms with Gasteiger partial charge >= 0.3 is 5.97 Å². The highest BCUT2D eigenvalue weighted by atomic mass is 32.2. The largest absolute Gasteiger partial charge is 0.457 e. The number of nitro benzene ring substituents is 1. The molecule has 0 saturated heterocycles. The highest BCUT2D eigenvalue weighted by Gasteiger charge is 2.18. The number of carbonyl (C=O) groups is 2. The number of non-ortho nitro benzene ring substituents is 1. The standard InChI is InChI=1S/C16H12N2O5S/c19-15-9-24-14-6-3-11(7-13(14)17-15)16(20)23-8-10-1-4-12(5-2-10)18(21)22/h1-7H,8-9H2,(H,17,19). The van der Waals surface area contributed by atoms with Gasteiger partial charge in [0, 0.05) is 17.0 Å². The number of nitrogens with one attached hydrogen (secondary N) is 1. The van der Waals surface area contributed by atoms with E-state index >= 15 is 0 Å². The third kappa shape index (κ3) is 3.54. The Morgan fingerprint density at radius 3 is 2.71 bits per heavy atom. The number of fused-ring (bicyclic) bond motifs is 1. The quantitative estimate of drug-likeness (QED) is 0.520. The molecule has 7 nitrogen and oxygen atoms in total. The molecule has 0 radical (unpaired) electrons. The number of thioether (sulfide) groups is 1. The topological polar surface area (TPSA) is 98.5 Å². The molecule has 0 bridgehead atoms. The summed E-state index contributed by atoms with van der Waals surface area (Å²) in [6.07, 6.45) is 0. The number of benzene rings is 2. The number of nitrogens with zero attached hydrogens (tertiary/aromatic N) is 1. The van der Waals surface area contributed by atoms with Gasteiger partial charge in [-0.1, -0.05) is 0 Å². The van der Waals surface area contributed by atoms with Crippen molar-refractivity contribution in [1.82, 2.24) is 0 Å². The fourth-order valence-electron chi connectivity index (χ4n) is 2.16. The van der Waals surface area contributed by atoms with Crippen LogP contribution in [0.15, 0.2) is 47.4 Å². The van der Waals surface area contributed by atoms with Gasteiger partial charge in [-0.15, -0.1) is 11.8 Å². The maximum Gasteiger partial charge on any atom is 0.338 e. The van der Waals surface area contributed by atoms with Gasteiger partial charge in [0.1, 0.15) is 6.61 Å². The van der Waals surface area contributed by atoms with Gasteiger partial charge in [-0.3, -0.25) is 14.9 Å². The number of nitro groups is 1. The molecular weight excluding hydrogens is 332 g/mol. The molecule has 0 unspecified atom stereocenters. The van der Waals surface area contributed by atoms with Crippen molar-refractivity contribution in [3.8, 4) is 0 Å². The minimum atomic E-state index is -0.527. The molecule has 3 rings (SSSR count). The van der Waals surface area contributed by atoms with Crippen LogP contribution in [0, 0.1) is 10.1 Å². The molecule has 1 heterocycles. The van der Waals surface area contributed by atoms with Gasteiger partial charge in [-0.25, -0.2) is 4.79 Å². The lowest BCUT2D eigenvalue weighted by Crippen LogP contribution is -2.19. The van der Waals surface area contributed by atoms with E-state index in [2.05, 4.69) is 5.32 Å². The van der Waals surface area contributed by atoms with Crippen LogP contribution in [0.3, 0.4) is 0 Å². The van der Waals surface area contributed by atoms with Gasteiger partial charge < -0.3 is 10.1 Å². The number of rotatable bonds is 4. The number of ether oxygens (including phenoxy) is 1. The van der Waals surface area contributed by atoms with E-state index in [0.29, 0.717) is 22.6 Å². The van der Waals surface area contributed by atoms with Gasteiger partial charge in [0.2, 0.25) is 5.91 Å². The first-order chi connectivity index (χ1) is 11.5. The number of esters is 1. The summed E-state index contributed by atoms with van der Waals surface area (Å²) >= 11 is 1.41. The van der Waals surface area contributed by atoms with Crippen LogP contribution < -0.4 is 5.32 Å². The van der Waals surface area contributed by atoms with E-state index in [-0.39, 0.29) is 18.2 Å². The third-order valence-electron chi connectivity index (χ3n) is 3.37. The van der Waals surface area contributed by atoms with Crippen molar-refractivity contribution in [2.24, 2.45) is 0 Å². The zero-order chi connectivity index (χ0) is 17.1. The van der Waals surface area contributed by atoms with Crippen molar-refractivity contribution in [3.05, 3.63) is 63.7 Å². The second-order valence-corrected chi connectivity index (χ2v) is 6.06. The Balaban J connectivity index is 1.66. The van der Waals surface area contributed by atoms with E-state index in [1.54, 1.807) is 18.2 Å². The normalized spacial score (nSPS) is 12.9. The van der Waals surface area contributed by atoms with Crippen molar-refractivity contribution in [2.45, 2.75) is 11.5 Å². The summed E-state index contributed by atoms with van der Waals surface area (Å²) in [5.41, 5.74) is 1.56. The van der Waals surface area contributed by atoms with Crippen molar-refractivity contribution < 1.29 is 19.2 Å². The zero-order valence-electron chi connectivity index (χ0n) is 12.4. The highest BCUT2D eigenvalue weighted by molar-refractivity contribution is 8.00. The van der Waals surface area contributed by atoms with Gasteiger partial charge in [0.05, 0.1) is 21.9 Å². The number of carbonyl (C=O) groups excluding carboxylic acids is 2. The Morgan fingerprint density at radius 1 is 1.25 bits per heavy atom. The summed E-state index contributed by atoms with van der Waals surface area (Å²) in [6.45, 7) is 0.00895. The van der Waals surface area contributed by atoms with Gasteiger partial charge in [0.25, 0.3) is 5.69 Å². The molecule has 8 heteroatoms. The predicted octanol–water partition coefficient (Wildman–Crippen LogP) is 3.00. The first kappa shape index (κ1) is 16.0. The third-order valence-corrected chi connectivity index (χ3v) is 4.44. The second-order valence-electron chi connectivity index (χ2n) is 5.05. The lowest BCUT2D eigenvalue weighted by Gasteiger charge is -2.16. The molecule has 0 spiro atoms. The summed E-state index contributed by atoms with van der Waals surface area (Å²) in [7, 11) is 0. The number of hydrogen-bond acceptors (Lipinski definition) is 6. The van der Waals surface area contributed by atoms with Crippen LogP contribution in [0.25, 0.3) is 0 Å².